The summed E-state index contributed by atoms with van der Waals surface area (Å²) in [6.45, 7) is 5.85. The number of anilines is 2. The second-order valence-electron chi connectivity index (χ2n) is 7.61. The fraction of sp³-hybridized carbons (Fsp3) is 0.579. The summed E-state index contributed by atoms with van der Waals surface area (Å²) in [6.07, 6.45) is 5.75. The van der Waals surface area contributed by atoms with Crippen LogP contribution in [0.25, 0.3) is 0 Å². The lowest BCUT2D eigenvalue weighted by atomic mass is 9.85. The average Bonchev–Trinajstić information content (AvgIpc) is 2.69. The molecule has 3 amide bonds. The molecular formula is C19H27N3O2. The van der Waals surface area contributed by atoms with Crippen molar-refractivity contribution in [3.63, 3.8) is 0 Å². The van der Waals surface area contributed by atoms with Crippen molar-refractivity contribution in [2.75, 3.05) is 17.3 Å². The third-order valence-electron chi connectivity index (χ3n) is 5.35. The number of nitrogens with zero attached hydrogens (tertiary/aromatic N) is 1. The van der Waals surface area contributed by atoms with E-state index >= 15 is 0 Å². The van der Waals surface area contributed by atoms with Gasteiger partial charge in [0.05, 0.1) is 11.1 Å². The number of aryl methyl sites for hydroxylation is 1. The van der Waals surface area contributed by atoms with Crippen molar-refractivity contribution in [3.05, 3.63) is 23.3 Å². The van der Waals surface area contributed by atoms with Crippen LogP contribution in [0, 0.1) is 6.92 Å². The number of carbonyl (C=O) groups excluding carboxylic acids is 2. The van der Waals surface area contributed by atoms with E-state index in [1.54, 1.807) is 4.90 Å². The van der Waals surface area contributed by atoms with Crippen LogP contribution >= 0.6 is 0 Å². The Morgan fingerprint density at radius 3 is 2.54 bits per heavy atom. The lowest BCUT2D eigenvalue weighted by Gasteiger charge is -2.23. The van der Waals surface area contributed by atoms with Gasteiger partial charge in [0.1, 0.15) is 0 Å². The van der Waals surface area contributed by atoms with Gasteiger partial charge in [0.15, 0.2) is 0 Å². The van der Waals surface area contributed by atoms with Crippen LogP contribution in [0.2, 0.25) is 0 Å². The van der Waals surface area contributed by atoms with Gasteiger partial charge in [-0.3, -0.25) is 4.79 Å². The molecule has 2 N–H and O–H groups in total. The number of urea groups is 1. The summed E-state index contributed by atoms with van der Waals surface area (Å²) < 4.78 is 0. The molecule has 1 fully saturated rings. The van der Waals surface area contributed by atoms with Gasteiger partial charge in [-0.2, -0.15) is 0 Å². The van der Waals surface area contributed by atoms with E-state index < -0.39 is 5.41 Å². The van der Waals surface area contributed by atoms with Crippen molar-refractivity contribution in [2.24, 2.45) is 0 Å². The van der Waals surface area contributed by atoms with Gasteiger partial charge in [-0.25, -0.2) is 4.79 Å². The predicted octanol–water partition coefficient (Wildman–Crippen LogP) is 3.70. The number of amides is 3. The minimum Gasteiger partial charge on any atom is -0.335 e. The number of carbonyl (C=O) groups is 2. The Bertz CT molecular complexity index is 675. The van der Waals surface area contributed by atoms with Crippen molar-refractivity contribution < 1.29 is 9.59 Å². The highest BCUT2D eigenvalue weighted by molar-refractivity contribution is 6.08. The second-order valence-corrected chi connectivity index (χ2v) is 7.61. The minimum absolute atomic E-state index is 0.0874. The molecule has 130 valence electrons. The Balaban J connectivity index is 1.78. The van der Waals surface area contributed by atoms with E-state index in [0.29, 0.717) is 0 Å². The molecule has 2 aliphatic rings. The topological polar surface area (TPSA) is 61.4 Å². The van der Waals surface area contributed by atoms with E-state index in [2.05, 4.69) is 10.6 Å². The molecule has 0 spiro atoms. The van der Waals surface area contributed by atoms with Crippen LogP contribution in [0.15, 0.2) is 12.1 Å². The second kappa shape index (κ2) is 6.11. The molecular weight excluding hydrogens is 302 g/mol. The van der Waals surface area contributed by atoms with Gasteiger partial charge in [0.25, 0.3) is 0 Å². The van der Waals surface area contributed by atoms with Crippen molar-refractivity contribution in [1.29, 1.82) is 0 Å². The van der Waals surface area contributed by atoms with Gasteiger partial charge in [0.2, 0.25) is 5.91 Å². The molecule has 1 aromatic rings. The van der Waals surface area contributed by atoms with Crippen LogP contribution in [-0.4, -0.2) is 25.0 Å². The maximum Gasteiger partial charge on any atom is 0.319 e. The molecule has 5 nitrogen and oxygen atoms in total. The fourth-order valence-corrected chi connectivity index (χ4v) is 4.01. The van der Waals surface area contributed by atoms with Crippen molar-refractivity contribution in [2.45, 2.75) is 64.3 Å². The number of hydrogen-bond donors (Lipinski definition) is 2. The van der Waals surface area contributed by atoms with E-state index in [0.717, 1.165) is 35.3 Å². The van der Waals surface area contributed by atoms with Gasteiger partial charge >= 0.3 is 6.03 Å². The Morgan fingerprint density at radius 1 is 1.21 bits per heavy atom. The third kappa shape index (κ3) is 2.87. The number of benzene rings is 1. The van der Waals surface area contributed by atoms with Gasteiger partial charge in [-0.05, 0) is 56.9 Å². The molecule has 5 heteroatoms. The van der Waals surface area contributed by atoms with Crippen LogP contribution in [0.5, 0.6) is 0 Å². The summed E-state index contributed by atoms with van der Waals surface area (Å²) in [5, 5.41) is 6.01. The summed E-state index contributed by atoms with van der Waals surface area (Å²) in [6, 6.07) is 3.99. The number of fused-ring (bicyclic) bond motifs is 1. The molecule has 24 heavy (non-hydrogen) atoms. The van der Waals surface area contributed by atoms with E-state index in [-0.39, 0.29) is 18.0 Å². The summed E-state index contributed by atoms with van der Waals surface area (Å²) >= 11 is 0. The first-order chi connectivity index (χ1) is 11.3. The standard InChI is InChI=1S/C19H27N3O2/c1-12-10-14(21-18(24)20-13-8-6-5-7-9-13)11-15-16(12)22(4)17(23)19(15,2)3/h10-11,13H,5-9H2,1-4H3,(H2,20,21,24). The molecule has 1 aliphatic heterocycles. The average molecular weight is 329 g/mol. The van der Waals surface area contributed by atoms with Crippen molar-refractivity contribution in [1.82, 2.24) is 5.32 Å². The molecule has 0 unspecified atom stereocenters. The van der Waals surface area contributed by atoms with Gasteiger partial charge in [-0.15, -0.1) is 0 Å². The smallest absolute Gasteiger partial charge is 0.319 e. The summed E-state index contributed by atoms with van der Waals surface area (Å²) in [7, 11) is 1.81. The fourth-order valence-electron chi connectivity index (χ4n) is 4.01. The molecule has 1 aliphatic carbocycles. The molecule has 3 rings (SSSR count). The molecule has 1 saturated carbocycles. The van der Waals surface area contributed by atoms with E-state index in [4.69, 9.17) is 0 Å². The molecule has 0 saturated heterocycles. The molecule has 0 aromatic heterocycles. The number of nitrogens with one attached hydrogen (secondary N) is 2. The van der Waals surface area contributed by atoms with E-state index in [9.17, 15) is 9.59 Å². The minimum atomic E-state index is -0.563. The highest BCUT2D eigenvalue weighted by atomic mass is 16.2. The zero-order valence-corrected chi connectivity index (χ0v) is 15.0. The van der Waals surface area contributed by atoms with Gasteiger partial charge < -0.3 is 15.5 Å². The zero-order chi connectivity index (χ0) is 17.5. The predicted molar refractivity (Wildman–Crippen MR) is 96.6 cm³/mol. The van der Waals surface area contributed by atoms with E-state index in [1.807, 2.05) is 40.0 Å². The lowest BCUT2D eigenvalue weighted by molar-refractivity contribution is -0.121. The normalized spacial score (nSPS) is 20.0. The first kappa shape index (κ1) is 16.8. The summed E-state index contributed by atoms with van der Waals surface area (Å²) in [5.41, 5.74) is 3.12. The van der Waals surface area contributed by atoms with Crippen LogP contribution in [0.3, 0.4) is 0 Å². The Labute approximate surface area is 143 Å². The lowest BCUT2D eigenvalue weighted by Crippen LogP contribution is -2.39. The zero-order valence-electron chi connectivity index (χ0n) is 15.0. The van der Waals surface area contributed by atoms with Crippen molar-refractivity contribution >= 4 is 23.3 Å². The Kier molecular flexibility index (Phi) is 4.28. The third-order valence-corrected chi connectivity index (χ3v) is 5.35. The molecule has 0 atom stereocenters. The van der Waals surface area contributed by atoms with Gasteiger partial charge in [0, 0.05) is 18.8 Å². The van der Waals surface area contributed by atoms with Crippen molar-refractivity contribution in [3.8, 4) is 0 Å². The van der Waals surface area contributed by atoms with Gasteiger partial charge in [-0.1, -0.05) is 19.3 Å². The highest BCUT2D eigenvalue weighted by Gasteiger charge is 2.43. The molecule has 1 heterocycles. The SMILES string of the molecule is Cc1cc(NC(=O)NC2CCCCC2)cc2c1N(C)C(=O)C2(C)C. The first-order valence-corrected chi connectivity index (χ1v) is 8.81. The molecule has 0 radical (unpaired) electrons. The van der Waals surface area contributed by atoms with Crippen LogP contribution in [0.1, 0.15) is 57.1 Å². The maximum absolute atomic E-state index is 12.5. The van der Waals surface area contributed by atoms with Crippen LogP contribution in [-0.2, 0) is 10.2 Å². The number of likely N-dealkylation sites (N-methyl/N-ethyl adjacent to an activating group) is 1. The quantitative estimate of drug-likeness (QED) is 0.869. The number of hydrogen-bond acceptors (Lipinski definition) is 2. The highest BCUT2D eigenvalue weighted by Crippen LogP contribution is 2.44. The maximum atomic E-state index is 12.5. The van der Waals surface area contributed by atoms with Crippen LogP contribution < -0.4 is 15.5 Å². The molecule has 1 aromatic carbocycles. The van der Waals surface area contributed by atoms with Crippen LogP contribution in [0.4, 0.5) is 16.2 Å². The number of rotatable bonds is 2. The summed E-state index contributed by atoms with van der Waals surface area (Å²) in [5.74, 6) is 0.0874. The summed E-state index contributed by atoms with van der Waals surface area (Å²) in [4.78, 5) is 26.5. The van der Waals surface area contributed by atoms with E-state index in [1.165, 1.54) is 19.3 Å². The first-order valence-electron chi connectivity index (χ1n) is 8.81. The largest absolute Gasteiger partial charge is 0.335 e. The monoisotopic (exact) mass is 329 g/mol. The Hall–Kier alpha value is -2.04. The molecule has 0 bridgehead atoms. The Morgan fingerprint density at radius 2 is 1.88 bits per heavy atom.